The van der Waals surface area contributed by atoms with Crippen LogP contribution in [0.15, 0.2) is 22.7 Å². The van der Waals surface area contributed by atoms with E-state index < -0.39 is 0 Å². The third kappa shape index (κ3) is 2.96. The first kappa shape index (κ1) is 13.4. The quantitative estimate of drug-likeness (QED) is 0.908. The zero-order chi connectivity index (χ0) is 13.4. The molecule has 0 aromatic heterocycles. The standard InChI is InChI=1S/C15H21BrN2O/c1-10-6-13(17)4-5-18(10)9-14-8-11-7-12(16)2-3-15(11)19-14/h2-3,7,10,13-14H,4-6,8-9,17H2,1H3. The van der Waals surface area contributed by atoms with Crippen LogP contribution in [0.2, 0.25) is 0 Å². The molecule has 0 amide bonds. The average molecular weight is 325 g/mol. The summed E-state index contributed by atoms with van der Waals surface area (Å²) in [6.07, 6.45) is 3.52. The fraction of sp³-hybridized carbons (Fsp3) is 0.600. The van der Waals surface area contributed by atoms with E-state index in [2.05, 4.69) is 39.9 Å². The van der Waals surface area contributed by atoms with Crippen LogP contribution in [0.1, 0.15) is 25.3 Å². The summed E-state index contributed by atoms with van der Waals surface area (Å²) in [5.41, 5.74) is 7.34. The van der Waals surface area contributed by atoms with E-state index >= 15 is 0 Å². The maximum Gasteiger partial charge on any atom is 0.123 e. The van der Waals surface area contributed by atoms with Crippen LogP contribution in [0.4, 0.5) is 0 Å². The van der Waals surface area contributed by atoms with Gasteiger partial charge in [-0.05, 0) is 43.5 Å². The second-order valence-corrected chi connectivity index (χ2v) is 6.74. The molecule has 3 nitrogen and oxygen atoms in total. The lowest BCUT2D eigenvalue weighted by atomic mass is 9.98. The number of hydrogen-bond donors (Lipinski definition) is 1. The van der Waals surface area contributed by atoms with Gasteiger partial charge in [-0.25, -0.2) is 0 Å². The summed E-state index contributed by atoms with van der Waals surface area (Å²) in [5, 5.41) is 0. The number of piperidine rings is 1. The van der Waals surface area contributed by atoms with Gasteiger partial charge in [0.05, 0.1) is 0 Å². The van der Waals surface area contributed by atoms with Crippen LogP contribution in [-0.2, 0) is 6.42 Å². The van der Waals surface area contributed by atoms with Crippen molar-refractivity contribution in [3.05, 3.63) is 28.2 Å². The molecule has 3 rings (SSSR count). The van der Waals surface area contributed by atoms with Crippen molar-refractivity contribution in [1.29, 1.82) is 0 Å². The number of halogens is 1. The summed E-state index contributed by atoms with van der Waals surface area (Å²) in [4.78, 5) is 2.52. The van der Waals surface area contributed by atoms with Gasteiger partial charge in [0.2, 0.25) is 0 Å². The molecule has 3 unspecified atom stereocenters. The zero-order valence-corrected chi connectivity index (χ0v) is 12.9. The summed E-state index contributed by atoms with van der Waals surface area (Å²) in [6, 6.07) is 7.23. The maximum absolute atomic E-state index is 6.05. The summed E-state index contributed by atoms with van der Waals surface area (Å²) < 4.78 is 7.18. The van der Waals surface area contributed by atoms with E-state index in [1.54, 1.807) is 0 Å². The largest absolute Gasteiger partial charge is 0.488 e. The molecule has 2 aliphatic rings. The molecule has 2 N–H and O–H groups in total. The Balaban J connectivity index is 1.61. The molecule has 0 radical (unpaired) electrons. The fourth-order valence-electron chi connectivity index (χ4n) is 3.18. The molecule has 0 spiro atoms. The first-order valence-electron chi connectivity index (χ1n) is 7.06. The minimum absolute atomic E-state index is 0.293. The van der Waals surface area contributed by atoms with Gasteiger partial charge in [-0.3, -0.25) is 4.90 Å². The van der Waals surface area contributed by atoms with Crippen LogP contribution in [0.3, 0.4) is 0 Å². The monoisotopic (exact) mass is 324 g/mol. The molecule has 1 aromatic carbocycles. The van der Waals surface area contributed by atoms with E-state index in [1.807, 2.05) is 6.07 Å². The van der Waals surface area contributed by atoms with Crippen molar-refractivity contribution in [2.24, 2.45) is 5.73 Å². The molecule has 1 aromatic rings. The molecule has 2 heterocycles. The summed E-state index contributed by atoms with van der Waals surface area (Å²) in [5.74, 6) is 1.05. The van der Waals surface area contributed by atoms with Crippen molar-refractivity contribution in [3.63, 3.8) is 0 Å². The number of benzene rings is 1. The normalized spacial score (nSPS) is 31.0. The minimum Gasteiger partial charge on any atom is -0.488 e. The van der Waals surface area contributed by atoms with Crippen molar-refractivity contribution < 1.29 is 4.74 Å². The fourth-order valence-corrected chi connectivity index (χ4v) is 3.59. The van der Waals surface area contributed by atoms with E-state index in [-0.39, 0.29) is 0 Å². The lowest BCUT2D eigenvalue weighted by Crippen LogP contribution is -2.48. The Bertz CT molecular complexity index is 465. The predicted octanol–water partition coefficient (Wildman–Crippen LogP) is 2.56. The van der Waals surface area contributed by atoms with Crippen LogP contribution in [0, 0.1) is 0 Å². The van der Waals surface area contributed by atoms with E-state index in [1.165, 1.54) is 5.56 Å². The molecule has 3 atom stereocenters. The molecule has 0 saturated carbocycles. The first-order chi connectivity index (χ1) is 9.11. The van der Waals surface area contributed by atoms with E-state index in [4.69, 9.17) is 10.5 Å². The molecule has 1 saturated heterocycles. The lowest BCUT2D eigenvalue weighted by Gasteiger charge is -2.37. The third-order valence-corrected chi connectivity index (χ3v) is 4.75. The van der Waals surface area contributed by atoms with Crippen LogP contribution in [0.25, 0.3) is 0 Å². The molecule has 19 heavy (non-hydrogen) atoms. The first-order valence-corrected chi connectivity index (χ1v) is 7.86. The van der Waals surface area contributed by atoms with Gasteiger partial charge in [-0.2, -0.15) is 0 Å². The van der Waals surface area contributed by atoms with Crippen molar-refractivity contribution >= 4 is 15.9 Å². The second kappa shape index (κ2) is 5.43. The van der Waals surface area contributed by atoms with Crippen LogP contribution in [0.5, 0.6) is 5.75 Å². The van der Waals surface area contributed by atoms with Crippen LogP contribution < -0.4 is 10.5 Å². The summed E-state index contributed by atoms with van der Waals surface area (Å²) >= 11 is 3.52. The predicted molar refractivity (Wildman–Crippen MR) is 80.5 cm³/mol. The van der Waals surface area contributed by atoms with Crippen molar-refractivity contribution in [2.75, 3.05) is 13.1 Å². The van der Waals surface area contributed by atoms with Gasteiger partial charge in [-0.1, -0.05) is 15.9 Å². The number of likely N-dealkylation sites (tertiary alicyclic amines) is 1. The van der Waals surface area contributed by atoms with E-state index in [9.17, 15) is 0 Å². The number of fused-ring (bicyclic) bond motifs is 1. The molecular formula is C15H21BrN2O. The molecule has 1 fully saturated rings. The molecule has 2 aliphatic heterocycles. The highest BCUT2D eigenvalue weighted by Crippen LogP contribution is 2.32. The van der Waals surface area contributed by atoms with Crippen molar-refractivity contribution in [1.82, 2.24) is 4.90 Å². The lowest BCUT2D eigenvalue weighted by molar-refractivity contribution is 0.0912. The Morgan fingerprint density at radius 3 is 3.11 bits per heavy atom. The Kier molecular flexibility index (Phi) is 3.83. The summed E-state index contributed by atoms with van der Waals surface area (Å²) in [7, 11) is 0. The molecule has 104 valence electrons. The zero-order valence-electron chi connectivity index (χ0n) is 11.3. The Morgan fingerprint density at radius 1 is 1.47 bits per heavy atom. The molecule has 0 bridgehead atoms. The van der Waals surface area contributed by atoms with Gasteiger partial charge < -0.3 is 10.5 Å². The molecule has 0 aliphatic carbocycles. The Morgan fingerprint density at radius 2 is 2.32 bits per heavy atom. The second-order valence-electron chi connectivity index (χ2n) is 5.82. The number of hydrogen-bond acceptors (Lipinski definition) is 3. The van der Waals surface area contributed by atoms with Crippen LogP contribution in [-0.4, -0.2) is 36.2 Å². The molecular weight excluding hydrogens is 304 g/mol. The highest BCUT2D eigenvalue weighted by Gasteiger charge is 2.29. The van der Waals surface area contributed by atoms with Gasteiger partial charge in [0.15, 0.2) is 0 Å². The minimum atomic E-state index is 0.293. The van der Waals surface area contributed by atoms with E-state index in [0.717, 1.165) is 42.6 Å². The van der Waals surface area contributed by atoms with E-state index in [0.29, 0.717) is 18.2 Å². The van der Waals surface area contributed by atoms with Gasteiger partial charge >= 0.3 is 0 Å². The van der Waals surface area contributed by atoms with Gasteiger partial charge in [0.1, 0.15) is 11.9 Å². The number of nitrogens with two attached hydrogens (primary N) is 1. The number of nitrogens with zero attached hydrogens (tertiary/aromatic N) is 1. The highest BCUT2D eigenvalue weighted by atomic mass is 79.9. The van der Waals surface area contributed by atoms with Crippen molar-refractivity contribution in [2.45, 2.75) is 44.4 Å². The van der Waals surface area contributed by atoms with Gasteiger partial charge in [-0.15, -0.1) is 0 Å². The van der Waals surface area contributed by atoms with Gasteiger partial charge in [0, 0.05) is 36.1 Å². The van der Waals surface area contributed by atoms with Gasteiger partial charge in [0.25, 0.3) is 0 Å². The molecule has 4 heteroatoms. The Hall–Kier alpha value is -0.580. The Labute approximate surface area is 123 Å². The average Bonchev–Trinajstić information content (AvgIpc) is 2.74. The van der Waals surface area contributed by atoms with Crippen LogP contribution >= 0.6 is 15.9 Å². The SMILES string of the molecule is CC1CC(N)CCN1CC1Cc2cc(Br)ccc2O1. The smallest absolute Gasteiger partial charge is 0.123 e. The number of ether oxygens (including phenoxy) is 1. The summed E-state index contributed by atoms with van der Waals surface area (Å²) in [6.45, 7) is 4.39. The van der Waals surface area contributed by atoms with Crippen molar-refractivity contribution in [3.8, 4) is 5.75 Å². The highest BCUT2D eigenvalue weighted by molar-refractivity contribution is 9.10. The topological polar surface area (TPSA) is 38.5 Å². The number of rotatable bonds is 2. The maximum atomic E-state index is 6.05. The third-order valence-electron chi connectivity index (χ3n) is 4.26.